The number of nitrogens with one attached hydrogen (secondary N) is 1. The van der Waals surface area contributed by atoms with Crippen molar-refractivity contribution in [2.75, 3.05) is 17.5 Å². The van der Waals surface area contributed by atoms with E-state index in [1.54, 1.807) is 43.3 Å². The van der Waals surface area contributed by atoms with Crippen molar-refractivity contribution in [3.05, 3.63) is 89.5 Å². The van der Waals surface area contributed by atoms with Crippen LogP contribution in [-0.4, -0.2) is 50.4 Å². The maximum Gasteiger partial charge on any atom is 0.264 e. The number of carbonyl (C=O) groups excluding carboxylic acids is 2. The number of nitrogens with zero attached hydrogens (tertiary/aromatic N) is 2. The molecular formula is C31H39N3O5S. The van der Waals surface area contributed by atoms with Gasteiger partial charge in [-0.25, -0.2) is 8.42 Å². The molecule has 0 radical (unpaired) electrons. The number of benzene rings is 3. The molecular weight excluding hydrogens is 526 g/mol. The summed E-state index contributed by atoms with van der Waals surface area (Å²) in [6.45, 7) is 11.1. The minimum absolute atomic E-state index is 0.0656. The van der Waals surface area contributed by atoms with Crippen LogP contribution < -0.4 is 14.4 Å². The Balaban J connectivity index is 2.04. The maximum absolute atomic E-state index is 14.0. The van der Waals surface area contributed by atoms with Crippen LogP contribution in [0.2, 0.25) is 0 Å². The van der Waals surface area contributed by atoms with E-state index >= 15 is 0 Å². The largest absolute Gasteiger partial charge is 0.494 e. The van der Waals surface area contributed by atoms with Crippen molar-refractivity contribution < 1.29 is 22.7 Å². The van der Waals surface area contributed by atoms with Gasteiger partial charge in [0.1, 0.15) is 18.3 Å². The van der Waals surface area contributed by atoms with Gasteiger partial charge in [0.15, 0.2) is 0 Å². The van der Waals surface area contributed by atoms with Gasteiger partial charge in [0.25, 0.3) is 10.0 Å². The fourth-order valence-electron chi connectivity index (χ4n) is 4.20. The zero-order chi connectivity index (χ0) is 29.4. The number of hydrogen-bond donors (Lipinski definition) is 1. The Morgan fingerprint density at radius 1 is 0.900 bits per heavy atom. The lowest BCUT2D eigenvalue weighted by molar-refractivity contribution is -0.139. The average Bonchev–Trinajstić information content (AvgIpc) is 2.91. The molecule has 214 valence electrons. The van der Waals surface area contributed by atoms with Gasteiger partial charge in [0.05, 0.1) is 17.2 Å². The fourth-order valence-corrected chi connectivity index (χ4v) is 5.61. The number of anilines is 1. The third-order valence-corrected chi connectivity index (χ3v) is 8.31. The quantitative estimate of drug-likeness (QED) is 0.339. The van der Waals surface area contributed by atoms with Crippen LogP contribution in [0.25, 0.3) is 0 Å². The number of amides is 2. The molecule has 40 heavy (non-hydrogen) atoms. The summed E-state index contributed by atoms with van der Waals surface area (Å²) >= 11 is 0. The van der Waals surface area contributed by atoms with Crippen LogP contribution in [0.5, 0.6) is 5.75 Å². The Bertz CT molecular complexity index is 1400. The Labute approximate surface area is 238 Å². The van der Waals surface area contributed by atoms with E-state index in [0.717, 1.165) is 21.0 Å². The molecule has 0 aliphatic carbocycles. The highest BCUT2D eigenvalue weighted by Gasteiger charge is 2.32. The molecule has 9 heteroatoms. The molecule has 3 aromatic rings. The van der Waals surface area contributed by atoms with Gasteiger partial charge in [-0.2, -0.15) is 0 Å². The summed E-state index contributed by atoms with van der Waals surface area (Å²) in [5, 5.41) is 2.86. The van der Waals surface area contributed by atoms with Crippen LogP contribution in [0.15, 0.2) is 77.7 Å². The number of hydrogen-bond acceptors (Lipinski definition) is 5. The molecule has 0 saturated heterocycles. The fraction of sp³-hybridized carbons (Fsp3) is 0.355. The molecule has 8 nitrogen and oxygen atoms in total. The average molecular weight is 566 g/mol. The Morgan fingerprint density at radius 3 is 2.10 bits per heavy atom. The summed E-state index contributed by atoms with van der Waals surface area (Å²) in [5.41, 5.74) is 3.06. The first-order valence-electron chi connectivity index (χ1n) is 13.4. The first kappa shape index (κ1) is 30.7. The first-order valence-corrected chi connectivity index (χ1v) is 14.8. The molecule has 3 rings (SSSR count). The molecule has 0 aliphatic rings. The minimum atomic E-state index is -4.13. The van der Waals surface area contributed by atoms with E-state index in [2.05, 4.69) is 5.32 Å². The van der Waals surface area contributed by atoms with Crippen LogP contribution in [0.1, 0.15) is 44.4 Å². The number of carbonyl (C=O) groups is 2. The van der Waals surface area contributed by atoms with Crippen molar-refractivity contribution in [2.45, 2.75) is 65.1 Å². The monoisotopic (exact) mass is 565 g/mol. The topological polar surface area (TPSA) is 96.0 Å². The molecule has 0 aliphatic heterocycles. The molecule has 0 fully saturated rings. The molecule has 0 saturated carbocycles. The molecule has 0 spiro atoms. The van der Waals surface area contributed by atoms with E-state index in [4.69, 9.17) is 4.74 Å². The van der Waals surface area contributed by atoms with Crippen molar-refractivity contribution in [1.29, 1.82) is 0 Å². The standard InChI is InChI=1S/C31H39N3O5S/c1-7-39-28-16-14-27(15-17-28)34(40(37,38)29-18-12-23(4)13-19-29)21-30(35)33(25(6)31(36)32-22(2)3)20-26-11-9-8-10-24(26)5/h8-19,22,25H,7,20-21H2,1-6H3,(H,32,36)/t25-/m0/s1. The van der Waals surface area contributed by atoms with E-state index in [-0.39, 0.29) is 23.4 Å². The second kappa shape index (κ2) is 13.5. The first-order chi connectivity index (χ1) is 18.9. The molecule has 0 bridgehead atoms. The van der Waals surface area contributed by atoms with Crippen molar-refractivity contribution in [3.8, 4) is 5.75 Å². The highest BCUT2D eigenvalue weighted by Crippen LogP contribution is 2.27. The van der Waals surface area contributed by atoms with Gasteiger partial charge in [-0.15, -0.1) is 0 Å². The van der Waals surface area contributed by atoms with Gasteiger partial charge < -0.3 is 15.0 Å². The minimum Gasteiger partial charge on any atom is -0.494 e. The lowest BCUT2D eigenvalue weighted by Crippen LogP contribution is -2.52. The maximum atomic E-state index is 14.0. The summed E-state index contributed by atoms with van der Waals surface area (Å²) < 4.78 is 34.5. The molecule has 0 heterocycles. The molecule has 1 N–H and O–H groups in total. The van der Waals surface area contributed by atoms with E-state index in [0.29, 0.717) is 18.0 Å². The molecule has 3 aromatic carbocycles. The molecule has 0 aromatic heterocycles. The van der Waals surface area contributed by atoms with E-state index in [1.807, 2.05) is 58.9 Å². The van der Waals surface area contributed by atoms with Gasteiger partial charge in [-0.3, -0.25) is 13.9 Å². The lowest BCUT2D eigenvalue weighted by Gasteiger charge is -2.32. The zero-order valence-corrected chi connectivity index (χ0v) is 24.9. The van der Waals surface area contributed by atoms with Gasteiger partial charge in [-0.1, -0.05) is 42.0 Å². The Morgan fingerprint density at radius 2 is 1.52 bits per heavy atom. The van der Waals surface area contributed by atoms with Crippen molar-refractivity contribution >= 4 is 27.5 Å². The van der Waals surface area contributed by atoms with E-state index < -0.39 is 28.5 Å². The van der Waals surface area contributed by atoms with Crippen LogP contribution in [0.4, 0.5) is 5.69 Å². The third kappa shape index (κ3) is 7.63. The SMILES string of the molecule is CCOc1ccc(N(CC(=O)N(Cc2ccccc2C)[C@@H](C)C(=O)NC(C)C)S(=O)(=O)c2ccc(C)cc2)cc1. The van der Waals surface area contributed by atoms with E-state index in [1.165, 1.54) is 17.0 Å². The Hall–Kier alpha value is -3.85. The summed E-state index contributed by atoms with van der Waals surface area (Å²) in [6.07, 6.45) is 0. The van der Waals surface area contributed by atoms with Crippen LogP contribution in [-0.2, 0) is 26.2 Å². The second-order valence-electron chi connectivity index (χ2n) is 10.0. The van der Waals surface area contributed by atoms with Crippen molar-refractivity contribution in [2.24, 2.45) is 0 Å². The highest BCUT2D eigenvalue weighted by molar-refractivity contribution is 7.92. The van der Waals surface area contributed by atoms with Crippen LogP contribution in [0.3, 0.4) is 0 Å². The van der Waals surface area contributed by atoms with E-state index in [9.17, 15) is 18.0 Å². The molecule has 2 amide bonds. The Kier molecular flexibility index (Phi) is 10.3. The number of sulfonamides is 1. The summed E-state index contributed by atoms with van der Waals surface area (Å²) in [5.74, 6) is -0.226. The van der Waals surface area contributed by atoms with Crippen molar-refractivity contribution in [3.63, 3.8) is 0 Å². The van der Waals surface area contributed by atoms with Gasteiger partial charge >= 0.3 is 0 Å². The molecule has 1 atom stereocenters. The lowest BCUT2D eigenvalue weighted by atomic mass is 10.1. The van der Waals surface area contributed by atoms with Crippen LogP contribution in [0, 0.1) is 13.8 Å². The summed E-state index contributed by atoms with van der Waals surface area (Å²) in [6, 6.07) is 19.7. The molecule has 0 unspecified atom stereocenters. The highest BCUT2D eigenvalue weighted by atomic mass is 32.2. The number of aryl methyl sites for hydroxylation is 2. The number of rotatable bonds is 12. The third-order valence-electron chi connectivity index (χ3n) is 6.52. The van der Waals surface area contributed by atoms with Gasteiger partial charge in [-0.05, 0) is 89.1 Å². The predicted octanol–water partition coefficient (Wildman–Crippen LogP) is 4.84. The second-order valence-corrected chi connectivity index (χ2v) is 11.9. The number of ether oxygens (including phenoxy) is 1. The van der Waals surface area contributed by atoms with Crippen LogP contribution >= 0.6 is 0 Å². The normalized spacial score (nSPS) is 12.1. The predicted molar refractivity (Wildman–Crippen MR) is 158 cm³/mol. The summed E-state index contributed by atoms with van der Waals surface area (Å²) in [7, 11) is -4.13. The van der Waals surface area contributed by atoms with Crippen molar-refractivity contribution in [1.82, 2.24) is 10.2 Å². The smallest absolute Gasteiger partial charge is 0.264 e. The summed E-state index contributed by atoms with van der Waals surface area (Å²) in [4.78, 5) is 28.5. The van der Waals surface area contributed by atoms with Gasteiger partial charge in [0, 0.05) is 12.6 Å². The zero-order valence-electron chi connectivity index (χ0n) is 24.0. The van der Waals surface area contributed by atoms with Gasteiger partial charge in [0.2, 0.25) is 11.8 Å².